The highest BCUT2D eigenvalue weighted by Gasteiger charge is 2.06. The van der Waals surface area contributed by atoms with Crippen molar-refractivity contribution in [2.75, 3.05) is 5.32 Å². The van der Waals surface area contributed by atoms with E-state index in [1.165, 1.54) is 6.92 Å². The van der Waals surface area contributed by atoms with E-state index in [0.29, 0.717) is 16.5 Å². The largest absolute Gasteiger partial charge is 0.324 e. The molecule has 0 spiro atoms. The highest BCUT2D eigenvalue weighted by molar-refractivity contribution is 6.29. The van der Waals surface area contributed by atoms with Gasteiger partial charge in [-0.2, -0.15) is 0 Å². The van der Waals surface area contributed by atoms with Crippen molar-refractivity contribution in [3.63, 3.8) is 0 Å². The molecule has 4 nitrogen and oxygen atoms in total. The summed E-state index contributed by atoms with van der Waals surface area (Å²) >= 11 is 5.69. The van der Waals surface area contributed by atoms with Crippen LogP contribution < -0.4 is 5.32 Å². The molecule has 0 aromatic carbocycles. The predicted octanol–water partition coefficient (Wildman–Crippen LogP) is 2.35. The van der Waals surface area contributed by atoms with Crippen LogP contribution in [0.25, 0.3) is 0 Å². The number of carbonyl (C=O) groups is 2. The van der Waals surface area contributed by atoms with Crippen molar-refractivity contribution < 1.29 is 9.59 Å². The van der Waals surface area contributed by atoms with E-state index in [4.69, 9.17) is 11.6 Å². The average molecular weight is 241 g/mol. The lowest BCUT2D eigenvalue weighted by molar-refractivity contribution is -0.121. The van der Waals surface area contributed by atoms with Gasteiger partial charge in [0.25, 0.3) is 0 Å². The molecule has 16 heavy (non-hydrogen) atoms. The van der Waals surface area contributed by atoms with Crippen molar-refractivity contribution in [3.8, 4) is 0 Å². The summed E-state index contributed by atoms with van der Waals surface area (Å²) in [4.78, 5) is 26.1. The third-order valence-electron chi connectivity index (χ3n) is 2.03. The van der Waals surface area contributed by atoms with E-state index in [1.54, 1.807) is 19.1 Å². The Kier molecular flexibility index (Phi) is 4.43. The molecule has 1 heterocycles. The molecule has 0 fully saturated rings. The van der Waals surface area contributed by atoms with Crippen LogP contribution in [-0.2, 0) is 9.59 Å². The molecule has 0 aliphatic rings. The fourth-order valence-corrected chi connectivity index (χ4v) is 1.35. The van der Waals surface area contributed by atoms with E-state index in [9.17, 15) is 9.59 Å². The summed E-state index contributed by atoms with van der Waals surface area (Å²) < 4.78 is 0. The highest BCUT2D eigenvalue weighted by Crippen LogP contribution is 2.15. The highest BCUT2D eigenvalue weighted by atomic mass is 35.5. The number of pyridine rings is 1. The van der Waals surface area contributed by atoms with Crippen molar-refractivity contribution in [1.29, 1.82) is 0 Å². The molecule has 0 atom stereocenters. The minimum atomic E-state index is -0.192. The molecule has 0 radical (unpaired) electrons. The van der Waals surface area contributed by atoms with Gasteiger partial charge in [-0.05, 0) is 26.0 Å². The normalized spacial score (nSPS) is 9.94. The molecule has 1 aromatic rings. The van der Waals surface area contributed by atoms with Crippen LogP contribution in [0, 0.1) is 6.92 Å². The molecule has 1 rings (SSSR count). The second kappa shape index (κ2) is 5.61. The molecule has 1 aromatic heterocycles. The Labute approximate surface area is 99.0 Å². The zero-order valence-corrected chi connectivity index (χ0v) is 9.97. The van der Waals surface area contributed by atoms with Gasteiger partial charge in [-0.3, -0.25) is 4.79 Å². The van der Waals surface area contributed by atoms with Crippen LogP contribution in [0.4, 0.5) is 5.69 Å². The number of carbonyl (C=O) groups excluding carboxylic acids is 2. The third-order valence-corrected chi connectivity index (χ3v) is 2.24. The fraction of sp³-hybridized carbons (Fsp3) is 0.364. The second-order valence-electron chi connectivity index (χ2n) is 3.52. The number of anilines is 1. The van der Waals surface area contributed by atoms with E-state index in [0.717, 1.165) is 0 Å². The fourth-order valence-electron chi connectivity index (χ4n) is 1.16. The number of Topliss-reactive ketones (excluding diaryl/α,β-unsaturated/α-hetero) is 1. The Morgan fingerprint density at radius 2 is 2.06 bits per heavy atom. The first kappa shape index (κ1) is 12.6. The lowest BCUT2D eigenvalue weighted by Crippen LogP contribution is -2.13. The van der Waals surface area contributed by atoms with Gasteiger partial charge in [0.15, 0.2) is 0 Å². The monoisotopic (exact) mass is 240 g/mol. The molecule has 0 unspecified atom stereocenters. The van der Waals surface area contributed by atoms with Gasteiger partial charge < -0.3 is 10.1 Å². The lowest BCUT2D eigenvalue weighted by Gasteiger charge is -2.07. The van der Waals surface area contributed by atoms with Gasteiger partial charge in [-0.1, -0.05) is 11.6 Å². The Hall–Kier alpha value is -1.42. The molecular weight excluding hydrogens is 228 g/mol. The van der Waals surface area contributed by atoms with Gasteiger partial charge >= 0.3 is 0 Å². The minimum absolute atomic E-state index is 0.00102. The second-order valence-corrected chi connectivity index (χ2v) is 3.90. The summed E-state index contributed by atoms with van der Waals surface area (Å²) in [5, 5.41) is 3.07. The SMILES string of the molecule is CC(=O)CCC(=O)Nc1ccc(Cl)nc1C. The van der Waals surface area contributed by atoms with E-state index >= 15 is 0 Å². The van der Waals surface area contributed by atoms with E-state index < -0.39 is 0 Å². The number of ketones is 1. The van der Waals surface area contributed by atoms with Gasteiger partial charge in [-0.15, -0.1) is 0 Å². The van der Waals surface area contributed by atoms with Crippen molar-refractivity contribution in [2.24, 2.45) is 0 Å². The minimum Gasteiger partial charge on any atom is -0.324 e. The quantitative estimate of drug-likeness (QED) is 0.822. The van der Waals surface area contributed by atoms with Crippen molar-refractivity contribution in [1.82, 2.24) is 4.98 Å². The molecule has 0 aliphatic heterocycles. The van der Waals surface area contributed by atoms with E-state index in [-0.39, 0.29) is 24.5 Å². The predicted molar refractivity (Wildman–Crippen MR) is 62.5 cm³/mol. The Morgan fingerprint density at radius 3 is 2.62 bits per heavy atom. The van der Waals surface area contributed by atoms with Gasteiger partial charge in [-0.25, -0.2) is 4.98 Å². The summed E-state index contributed by atoms with van der Waals surface area (Å²) in [6.45, 7) is 3.22. The summed E-state index contributed by atoms with van der Waals surface area (Å²) in [7, 11) is 0. The van der Waals surface area contributed by atoms with Crippen LogP contribution in [0.15, 0.2) is 12.1 Å². The van der Waals surface area contributed by atoms with Crippen LogP contribution in [-0.4, -0.2) is 16.7 Å². The number of rotatable bonds is 4. The molecule has 86 valence electrons. The number of nitrogens with zero attached hydrogens (tertiary/aromatic N) is 1. The number of halogens is 1. The third kappa shape index (κ3) is 3.98. The first-order chi connectivity index (χ1) is 7.49. The molecule has 1 N–H and O–H groups in total. The zero-order chi connectivity index (χ0) is 12.1. The van der Waals surface area contributed by atoms with Gasteiger partial charge in [0.1, 0.15) is 10.9 Å². The van der Waals surface area contributed by atoms with Crippen LogP contribution in [0.1, 0.15) is 25.5 Å². The zero-order valence-electron chi connectivity index (χ0n) is 9.21. The van der Waals surface area contributed by atoms with Crippen molar-refractivity contribution >= 4 is 29.0 Å². The summed E-state index contributed by atoms with van der Waals surface area (Å²) in [6, 6.07) is 3.30. The van der Waals surface area contributed by atoms with Gasteiger partial charge in [0.2, 0.25) is 5.91 Å². The maximum absolute atomic E-state index is 11.4. The lowest BCUT2D eigenvalue weighted by atomic mass is 10.2. The number of nitrogens with one attached hydrogen (secondary N) is 1. The van der Waals surface area contributed by atoms with Crippen LogP contribution in [0.3, 0.4) is 0 Å². The average Bonchev–Trinajstić information content (AvgIpc) is 2.19. The molecule has 0 saturated carbocycles. The maximum atomic E-state index is 11.4. The summed E-state index contributed by atoms with van der Waals surface area (Å²) in [5.41, 5.74) is 1.28. The Morgan fingerprint density at radius 1 is 1.38 bits per heavy atom. The summed E-state index contributed by atoms with van der Waals surface area (Å²) in [6.07, 6.45) is 0.448. The first-order valence-electron chi connectivity index (χ1n) is 4.91. The molecule has 0 aliphatic carbocycles. The van der Waals surface area contributed by atoms with Crippen molar-refractivity contribution in [3.05, 3.63) is 23.0 Å². The van der Waals surface area contributed by atoms with Crippen LogP contribution in [0.5, 0.6) is 0 Å². The maximum Gasteiger partial charge on any atom is 0.224 e. The molecule has 0 bridgehead atoms. The standard InChI is InChI=1S/C11H13ClN2O2/c1-7(15)3-6-11(16)14-9-4-5-10(12)13-8(9)2/h4-5H,3,6H2,1-2H3,(H,14,16). The Bertz CT molecular complexity index is 418. The van der Waals surface area contributed by atoms with Crippen LogP contribution >= 0.6 is 11.6 Å². The molecule has 0 saturated heterocycles. The van der Waals surface area contributed by atoms with E-state index in [1.807, 2.05) is 0 Å². The first-order valence-corrected chi connectivity index (χ1v) is 5.29. The van der Waals surface area contributed by atoms with E-state index in [2.05, 4.69) is 10.3 Å². The van der Waals surface area contributed by atoms with Crippen molar-refractivity contribution in [2.45, 2.75) is 26.7 Å². The van der Waals surface area contributed by atoms with Gasteiger partial charge in [0.05, 0.1) is 11.4 Å². The number of amides is 1. The Balaban J connectivity index is 2.59. The number of hydrogen-bond acceptors (Lipinski definition) is 3. The topological polar surface area (TPSA) is 59.1 Å². The van der Waals surface area contributed by atoms with Gasteiger partial charge in [0, 0.05) is 12.8 Å². The molecular formula is C11H13ClN2O2. The molecule has 1 amide bonds. The summed E-state index contributed by atoms with van der Waals surface area (Å²) in [5.74, 6) is -0.191. The number of aromatic nitrogens is 1. The number of hydrogen-bond donors (Lipinski definition) is 1. The number of aryl methyl sites for hydroxylation is 1. The molecule has 5 heteroatoms. The smallest absolute Gasteiger partial charge is 0.224 e. The van der Waals surface area contributed by atoms with Crippen LogP contribution in [0.2, 0.25) is 5.15 Å².